The number of rotatable bonds is 4. The van der Waals surface area contributed by atoms with Crippen LogP contribution >= 0.6 is 11.6 Å². The molecule has 0 atom stereocenters. The first-order valence-corrected chi connectivity index (χ1v) is 6.38. The number of amides is 1. The van der Waals surface area contributed by atoms with E-state index in [2.05, 4.69) is 5.10 Å². The molecule has 2 aromatic rings. The number of aryl methyl sites for hydroxylation is 1. The third-order valence-electron chi connectivity index (χ3n) is 2.87. The Labute approximate surface area is 117 Å². The summed E-state index contributed by atoms with van der Waals surface area (Å²) in [6.07, 6.45) is 4.06. The summed E-state index contributed by atoms with van der Waals surface area (Å²) in [5.74, 6) is 0.0752. The SMILES string of the molecule is CN(Cc1cnn(C)c1)C(=O)Cc1ccc(Cl)cc1. The summed E-state index contributed by atoms with van der Waals surface area (Å²) in [6.45, 7) is 0.570. The van der Waals surface area contributed by atoms with Crippen molar-refractivity contribution in [2.45, 2.75) is 13.0 Å². The lowest BCUT2D eigenvalue weighted by atomic mass is 10.1. The molecule has 0 aliphatic rings. The number of halogens is 1. The van der Waals surface area contributed by atoms with Crippen molar-refractivity contribution in [1.29, 1.82) is 0 Å². The summed E-state index contributed by atoms with van der Waals surface area (Å²) >= 11 is 5.82. The monoisotopic (exact) mass is 277 g/mol. The first-order valence-electron chi connectivity index (χ1n) is 6.00. The minimum atomic E-state index is 0.0752. The molecule has 1 aromatic heterocycles. The summed E-state index contributed by atoms with van der Waals surface area (Å²) in [6, 6.07) is 7.34. The van der Waals surface area contributed by atoms with Crippen LogP contribution < -0.4 is 0 Å². The third kappa shape index (κ3) is 3.83. The van der Waals surface area contributed by atoms with Gasteiger partial charge in [0.15, 0.2) is 0 Å². The number of hydrogen-bond acceptors (Lipinski definition) is 2. The molecule has 1 aromatic carbocycles. The first kappa shape index (κ1) is 13.6. The number of aromatic nitrogens is 2. The molecule has 0 saturated heterocycles. The van der Waals surface area contributed by atoms with Crippen molar-refractivity contribution < 1.29 is 4.79 Å². The number of hydrogen-bond donors (Lipinski definition) is 0. The lowest BCUT2D eigenvalue weighted by Crippen LogP contribution is -2.27. The van der Waals surface area contributed by atoms with E-state index in [9.17, 15) is 4.79 Å². The topological polar surface area (TPSA) is 38.1 Å². The Bertz CT molecular complexity index is 562. The molecule has 0 saturated carbocycles. The average molecular weight is 278 g/mol. The Balaban J connectivity index is 1.94. The normalized spacial score (nSPS) is 10.5. The molecule has 0 spiro atoms. The van der Waals surface area contributed by atoms with Gasteiger partial charge in [0.25, 0.3) is 0 Å². The fourth-order valence-corrected chi connectivity index (χ4v) is 1.95. The molecule has 0 bridgehead atoms. The van der Waals surface area contributed by atoms with Crippen LogP contribution in [-0.2, 0) is 24.8 Å². The van der Waals surface area contributed by atoms with Crippen LogP contribution in [0.4, 0.5) is 0 Å². The predicted molar refractivity (Wildman–Crippen MR) is 74.8 cm³/mol. The van der Waals surface area contributed by atoms with E-state index in [-0.39, 0.29) is 5.91 Å². The number of nitrogens with zero attached hydrogens (tertiary/aromatic N) is 3. The maximum atomic E-state index is 12.1. The summed E-state index contributed by atoms with van der Waals surface area (Å²) in [5.41, 5.74) is 1.99. The van der Waals surface area contributed by atoms with Crippen LogP contribution in [0.1, 0.15) is 11.1 Å². The van der Waals surface area contributed by atoms with Crippen LogP contribution in [0.5, 0.6) is 0 Å². The van der Waals surface area contributed by atoms with E-state index in [1.54, 1.807) is 35.0 Å². The van der Waals surface area contributed by atoms with Crippen molar-refractivity contribution in [3.63, 3.8) is 0 Å². The number of benzene rings is 1. The molecular weight excluding hydrogens is 262 g/mol. The van der Waals surface area contributed by atoms with E-state index in [0.717, 1.165) is 11.1 Å². The van der Waals surface area contributed by atoms with Gasteiger partial charge in [0.05, 0.1) is 12.6 Å². The molecule has 19 heavy (non-hydrogen) atoms. The molecule has 1 amide bonds. The first-order chi connectivity index (χ1) is 9.04. The smallest absolute Gasteiger partial charge is 0.227 e. The Morgan fingerprint density at radius 2 is 2.00 bits per heavy atom. The van der Waals surface area contributed by atoms with E-state index in [0.29, 0.717) is 18.0 Å². The van der Waals surface area contributed by atoms with Crippen LogP contribution in [0.25, 0.3) is 0 Å². The summed E-state index contributed by atoms with van der Waals surface area (Å²) in [4.78, 5) is 13.8. The number of carbonyl (C=O) groups is 1. The molecule has 2 rings (SSSR count). The third-order valence-corrected chi connectivity index (χ3v) is 3.12. The lowest BCUT2D eigenvalue weighted by Gasteiger charge is -2.16. The minimum Gasteiger partial charge on any atom is -0.341 e. The Hall–Kier alpha value is -1.81. The zero-order chi connectivity index (χ0) is 13.8. The van der Waals surface area contributed by atoms with Gasteiger partial charge >= 0.3 is 0 Å². The molecule has 0 aliphatic heterocycles. The average Bonchev–Trinajstić information content (AvgIpc) is 2.77. The van der Waals surface area contributed by atoms with Crippen molar-refractivity contribution in [3.05, 3.63) is 52.8 Å². The van der Waals surface area contributed by atoms with Gasteiger partial charge in [0, 0.05) is 37.4 Å². The molecule has 4 nitrogen and oxygen atoms in total. The van der Waals surface area contributed by atoms with Crippen molar-refractivity contribution in [3.8, 4) is 0 Å². The second-order valence-corrected chi connectivity index (χ2v) is 5.01. The molecule has 100 valence electrons. The second-order valence-electron chi connectivity index (χ2n) is 4.58. The van der Waals surface area contributed by atoms with Gasteiger partial charge in [-0.05, 0) is 17.7 Å². The van der Waals surface area contributed by atoms with Gasteiger partial charge in [0.1, 0.15) is 0 Å². The van der Waals surface area contributed by atoms with Crippen LogP contribution in [0, 0.1) is 0 Å². The number of likely N-dealkylation sites (N-methyl/N-ethyl adjacent to an activating group) is 1. The van der Waals surface area contributed by atoms with Crippen molar-refractivity contribution in [2.24, 2.45) is 7.05 Å². The quantitative estimate of drug-likeness (QED) is 0.860. The van der Waals surface area contributed by atoms with Gasteiger partial charge < -0.3 is 4.90 Å². The van der Waals surface area contributed by atoms with Crippen LogP contribution in [0.2, 0.25) is 5.02 Å². The Kier molecular flexibility index (Phi) is 4.22. The maximum absolute atomic E-state index is 12.1. The molecule has 0 aliphatic carbocycles. The van der Waals surface area contributed by atoms with E-state index < -0.39 is 0 Å². The highest BCUT2D eigenvalue weighted by Gasteiger charge is 2.11. The van der Waals surface area contributed by atoms with Gasteiger partial charge in [-0.15, -0.1) is 0 Å². The Morgan fingerprint density at radius 3 is 2.58 bits per heavy atom. The summed E-state index contributed by atoms with van der Waals surface area (Å²) in [5, 5.41) is 4.77. The molecule has 5 heteroatoms. The van der Waals surface area contributed by atoms with E-state index in [4.69, 9.17) is 11.6 Å². The molecule has 0 N–H and O–H groups in total. The fraction of sp³-hybridized carbons (Fsp3) is 0.286. The second kappa shape index (κ2) is 5.89. The van der Waals surface area contributed by atoms with Crippen LogP contribution in [-0.4, -0.2) is 27.6 Å². The largest absolute Gasteiger partial charge is 0.341 e. The standard InChI is InChI=1S/C14H16ClN3O/c1-17(9-12-8-16-18(2)10-12)14(19)7-11-3-5-13(15)6-4-11/h3-6,8,10H,7,9H2,1-2H3. The molecule has 0 unspecified atom stereocenters. The van der Waals surface area contributed by atoms with E-state index >= 15 is 0 Å². The van der Waals surface area contributed by atoms with Crippen molar-refractivity contribution >= 4 is 17.5 Å². The fourth-order valence-electron chi connectivity index (χ4n) is 1.83. The zero-order valence-electron chi connectivity index (χ0n) is 11.0. The van der Waals surface area contributed by atoms with Gasteiger partial charge in [-0.3, -0.25) is 9.48 Å². The van der Waals surface area contributed by atoms with Gasteiger partial charge in [-0.2, -0.15) is 5.10 Å². The van der Waals surface area contributed by atoms with Crippen LogP contribution in [0.3, 0.4) is 0 Å². The highest BCUT2D eigenvalue weighted by molar-refractivity contribution is 6.30. The number of carbonyl (C=O) groups excluding carboxylic acids is 1. The molecular formula is C14H16ClN3O. The molecule has 0 fully saturated rings. The van der Waals surface area contributed by atoms with E-state index in [1.165, 1.54) is 0 Å². The highest BCUT2D eigenvalue weighted by Crippen LogP contribution is 2.11. The van der Waals surface area contributed by atoms with Crippen LogP contribution in [0.15, 0.2) is 36.7 Å². The van der Waals surface area contributed by atoms with E-state index in [1.807, 2.05) is 25.4 Å². The van der Waals surface area contributed by atoms with Gasteiger partial charge in [-0.1, -0.05) is 23.7 Å². The zero-order valence-corrected chi connectivity index (χ0v) is 11.8. The molecule has 0 radical (unpaired) electrons. The maximum Gasteiger partial charge on any atom is 0.227 e. The lowest BCUT2D eigenvalue weighted by molar-refractivity contribution is -0.129. The summed E-state index contributed by atoms with van der Waals surface area (Å²) in [7, 11) is 3.66. The highest BCUT2D eigenvalue weighted by atomic mass is 35.5. The Morgan fingerprint density at radius 1 is 1.32 bits per heavy atom. The van der Waals surface area contributed by atoms with Gasteiger partial charge in [-0.25, -0.2) is 0 Å². The predicted octanol–water partition coefficient (Wildman–Crippen LogP) is 2.27. The van der Waals surface area contributed by atoms with Gasteiger partial charge in [0.2, 0.25) is 5.91 Å². The van der Waals surface area contributed by atoms with Crippen molar-refractivity contribution in [1.82, 2.24) is 14.7 Å². The minimum absolute atomic E-state index is 0.0752. The van der Waals surface area contributed by atoms with Crippen molar-refractivity contribution in [2.75, 3.05) is 7.05 Å². The molecule has 1 heterocycles. The summed E-state index contributed by atoms with van der Waals surface area (Å²) < 4.78 is 1.73.